The molecule has 0 atom stereocenters. The molecule has 4 rings (SSSR count). The van der Waals surface area contributed by atoms with E-state index in [0.29, 0.717) is 18.8 Å². The number of rotatable bonds is 4. The number of ether oxygens (including phenoxy) is 1. The van der Waals surface area contributed by atoms with Crippen LogP contribution in [-0.4, -0.2) is 54.3 Å². The number of methoxy groups -OCH3 is 1. The van der Waals surface area contributed by atoms with Crippen LogP contribution in [0, 0.1) is 0 Å². The predicted octanol–water partition coefficient (Wildman–Crippen LogP) is 3.05. The van der Waals surface area contributed by atoms with Crippen molar-refractivity contribution in [3.05, 3.63) is 66.4 Å². The second kappa shape index (κ2) is 7.53. The van der Waals surface area contributed by atoms with Gasteiger partial charge in [0.25, 0.3) is 5.91 Å². The topological polar surface area (TPSA) is 61.5 Å². The molecule has 138 valence electrons. The van der Waals surface area contributed by atoms with E-state index in [-0.39, 0.29) is 5.91 Å². The fraction of sp³-hybridized carbons (Fsp3) is 0.238. The maximum Gasteiger partial charge on any atom is 0.272 e. The normalized spacial score (nSPS) is 14.3. The second-order valence-corrected chi connectivity index (χ2v) is 6.51. The lowest BCUT2D eigenvalue weighted by Crippen LogP contribution is -2.48. The van der Waals surface area contributed by atoms with Crippen molar-refractivity contribution in [2.45, 2.75) is 0 Å². The van der Waals surface area contributed by atoms with E-state index in [1.165, 1.54) is 0 Å². The van der Waals surface area contributed by atoms with E-state index >= 15 is 0 Å². The van der Waals surface area contributed by atoms with E-state index in [9.17, 15) is 4.79 Å². The van der Waals surface area contributed by atoms with Crippen LogP contribution in [0.4, 0.5) is 5.69 Å². The highest BCUT2D eigenvalue weighted by molar-refractivity contribution is 5.93. The Balaban J connectivity index is 1.39. The standard InChI is InChI=1S/C21H22N4O2/c1-27-18-9-7-17(8-10-18)24-11-13-25(14-12-24)21(26)20-15-19(22-23-20)16-5-3-2-4-6-16/h2-10,15H,11-14H2,1H3,(H,22,23). The molecule has 1 aromatic heterocycles. The molecular formula is C21H22N4O2. The molecular weight excluding hydrogens is 340 g/mol. The number of aromatic nitrogens is 2. The van der Waals surface area contributed by atoms with Gasteiger partial charge in [-0.25, -0.2) is 0 Å². The first-order valence-corrected chi connectivity index (χ1v) is 9.04. The van der Waals surface area contributed by atoms with Gasteiger partial charge in [-0.1, -0.05) is 30.3 Å². The van der Waals surface area contributed by atoms with Gasteiger partial charge in [-0.3, -0.25) is 9.89 Å². The van der Waals surface area contributed by atoms with Gasteiger partial charge in [-0.2, -0.15) is 5.10 Å². The van der Waals surface area contributed by atoms with E-state index in [4.69, 9.17) is 4.74 Å². The highest BCUT2D eigenvalue weighted by atomic mass is 16.5. The van der Waals surface area contributed by atoms with Crippen molar-refractivity contribution in [3.8, 4) is 17.0 Å². The molecule has 1 aliphatic rings. The molecule has 2 heterocycles. The predicted molar refractivity (Wildman–Crippen MR) is 105 cm³/mol. The first-order chi connectivity index (χ1) is 13.2. The number of carbonyl (C=O) groups excluding carboxylic acids is 1. The van der Waals surface area contributed by atoms with Crippen LogP contribution in [-0.2, 0) is 0 Å². The Hall–Kier alpha value is -3.28. The third-order valence-electron chi connectivity index (χ3n) is 4.88. The summed E-state index contributed by atoms with van der Waals surface area (Å²) in [5, 5.41) is 7.17. The summed E-state index contributed by atoms with van der Waals surface area (Å²) < 4.78 is 5.21. The zero-order valence-electron chi connectivity index (χ0n) is 15.3. The first-order valence-electron chi connectivity index (χ1n) is 9.04. The minimum absolute atomic E-state index is 0.000868. The van der Waals surface area contributed by atoms with Gasteiger partial charge in [0.15, 0.2) is 0 Å². The Kier molecular flexibility index (Phi) is 4.78. The van der Waals surface area contributed by atoms with Crippen LogP contribution in [0.2, 0.25) is 0 Å². The van der Waals surface area contributed by atoms with Crippen molar-refractivity contribution < 1.29 is 9.53 Å². The quantitative estimate of drug-likeness (QED) is 0.775. The number of hydrogen-bond acceptors (Lipinski definition) is 4. The van der Waals surface area contributed by atoms with Gasteiger partial charge in [-0.15, -0.1) is 0 Å². The van der Waals surface area contributed by atoms with Gasteiger partial charge >= 0.3 is 0 Å². The maximum atomic E-state index is 12.8. The Morgan fingerprint density at radius 3 is 2.37 bits per heavy atom. The average Bonchev–Trinajstić information content (AvgIpc) is 3.24. The van der Waals surface area contributed by atoms with Crippen LogP contribution in [0.5, 0.6) is 5.75 Å². The number of carbonyl (C=O) groups is 1. The molecule has 1 aliphatic heterocycles. The zero-order chi connectivity index (χ0) is 18.6. The first kappa shape index (κ1) is 17.1. The summed E-state index contributed by atoms with van der Waals surface area (Å²) in [6.45, 7) is 2.98. The molecule has 3 aromatic rings. The lowest BCUT2D eigenvalue weighted by atomic mass is 10.1. The Labute approximate surface area is 158 Å². The Bertz CT molecular complexity index is 897. The number of piperazine rings is 1. The lowest BCUT2D eigenvalue weighted by Gasteiger charge is -2.35. The molecule has 1 fully saturated rings. The van der Waals surface area contributed by atoms with Crippen molar-refractivity contribution in [1.29, 1.82) is 0 Å². The molecule has 0 saturated carbocycles. The number of hydrogen-bond donors (Lipinski definition) is 1. The zero-order valence-corrected chi connectivity index (χ0v) is 15.3. The van der Waals surface area contributed by atoms with Gasteiger partial charge in [0, 0.05) is 37.4 Å². The molecule has 6 heteroatoms. The Morgan fingerprint density at radius 1 is 1.00 bits per heavy atom. The van der Waals surface area contributed by atoms with Gasteiger partial charge < -0.3 is 14.5 Å². The van der Waals surface area contributed by atoms with Gasteiger partial charge in [-0.05, 0) is 30.3 Å². The molecule has 0 aliphatic carbocycles. The smallest absolute Gasteiger partial charge is 0.272 e. The van der Waals surface area contributed by atoms with E-state index in [2.05, 4.69) is 27.2 Å². The van der Waals surface area contributed by atoms with Crippen LogP contribution in [0.1, 0.15) is 10.5 Å². The number of H-pyrrole nitrogens is 1. The highest BCUT2D eigenvalue weighted by Gasteiger charge is 2.23. The molecule has 1 amide bonds. The molecule has 1 saturated heterocycles. The Morgan fingerprint density at radius 2 is 1.70 bits per heavy atom. The van der Waals surface area contributed by atoms with E-state index in [1.54, 1.807) is 7.11 Å². The highest BCUT2D eigenvalue weighted by Crippen LogP contribution is 2.22. The summed E-state index contributed by atoms with van der Waals surface area (Å²) in [4.78, 5) is 17.0. The minimum Gasteiger partial charge on any atom is -0.497 e. The summed E-state index contributed by atoms with van der Waals surface area (Å²) in [6, 6.07) is 19.7. The fourth-order valence-corrected chi connectivity index (χ4v) is 3.32. The molecule has 27 heavy (non-hydrogen) atoms. The van der Waals surface area contributed by atoms with E-state index in [1.807, 2.05) is 53.4 Å². The van der Waals surface area contributed by atoms with Crippen LogP contribution < -0.4 is 9.64 Å². The number of amides is 1. The number of aromatic amines is 1. The van der Waals surface area contributed by atoms with Gasteiger partial charge in [0.05, 0.1) is 12.8 Å². The van der Waals surface area contributed by atoms with Crippen molar-refractivity contribution in [3.63, 3.8) is 0 Å². The molecule has 0 radical (unpaired) electrons. The number of nitrogens with zero attached hydrogens (tertiary/aromatic N) is 3. The molecule has 2 aromatic carbocycles. The number of benzene rings is 2. The molecule has 1 N–H and O–H groups in total. The third kappa shape index (κ3) is 3.65. The van der Waals surface area contributed by atoms with Crippen LogP contribution >= 0.6 is 0 Å². The summed E-state index contributed by atoms with van der Waals surface area (Å²) in [6.07, 6.45) is 0. The van der Waals surface area contributed by atoms with E-state index in [0.717, 1.165) is 35.8 Å². The summed E-state index contributed by atoms with van der Waals surface area (Å²) in [5.41, 5.74) is 3.47. The van der Waals surface area contributed by atoms with Crippen molar-refractivity contribution in [1.82, 2.24) is 15.1 Å². The summed E-state index contributed by atoms with van der Waals surface area (Å²) in [5.74, 6) is 0.847. The van der Waals surface area contributed by atoms with Gasteiger partial charge in [0.1, 0.15) is 11.4 Å². The van der Waals surface area contributed by atoms with Crippen molar-refractivity contribution in [2.75, 3.05) is 38.2 Å². The lowest BCUT2D eigenvalue weighted by molar-refractivity contribution is 0.0741. The molecule has 0 spiro atoms. The molecule has 0 unspecified atom stereocenters. The van der Waals surface area contributed by atoms with Crippen LogP contribution in [0.15, 0.2) is 60.7 Å². The largest absolute Gasteiger partial charge is 0.497 e. The van der Waals surface area contributed by atoms with Crippen LogP contribution in [0.25, 0.3) is 11.3 Å². The van der Waals surface area contributed by atoms with E-state index < -0.39 is 0 Å². The average molecular weight is 362 g/mol. The third-order valence-corrected chi connectivity index (χ3v) is 4.88. The van der Waals surface area contributed by atoms with Crippen LogP contribution in [0.3, 0.4) is 0 Å². The number of anilines is 1. The van der Waals surface area contributed by atoms with Crippen molar-refractivity contribution in [2.24, 2.45) is 0 Å². The monoisotopic (exact) mass is 362 g/mol. The van der Waals surface area contributed by atoms with Crippen molar-refractivity contribution >= 4 is 11.6 Å². The van der Waals surface area contributed by atoms with Gasteiger partial charge in [0.2, 0.25) is 0 Å². The summed E-state index contributed by atoms with van der Waals surface area (Å²) in [7, 11) is 1.66. The number of nitrogens with one attached hydrogen (secondary N) is 1. The molecule has 0 bridgehead atoms. The SMILES string of the molecule is COc1ccc(N2CCN(C(=O)c3cc(-c4ccccc4)n[nH]3)CC2)cc1. The fourth-order valence-electron chi connectivity index (χ4n) is 3.32. The second-order valence-electron chi connectivity index (χ2n) is 6.51. The molecule has 6 nitrogen and oxygen atoms in total. The summed E-state index contributed by atoms with van der Waals surface area (Å²) >= 11 is 0. The minimum atomic E-state index is -0.000868. The maximum absolute atomic E-state index is 12.8.